The summed E-state index contributed by atoms with van der Waals surface area (Å²) in [6.07, 6.45) is 0. The highest BCUT2D eigenvalue weighted by molar-refractivity contribution is 9.10. The molecule has 1 heterocycles. The summed E-state index contributed by atoms with van der Waals surface area (Å²) in [6.45, 7) is 2.03. The summed E-state index contributed by atoms with van der Waals surface area (Å²) in [5.74, 6) is -0.877. The molecule has 0 spiro atoms. The van der Waals surface area contributed by atoms with Crippen molar-refractivity contribution in [3.63, 3.8) is 0 Å². The Morgan fingerprint density at radius 2 is 2.23 bits per heavy atom. The third-order valence-corrected chi connectivity index (χ3v) is 4.34. The topological polar surface area (TPSA) is 78.9 Å². The van der Waals surface area contributed by atoms with Gasteiger partial charge in [0.15, 0.2) is 0 Å². The van der Waals surface area contributed by atoms with Gasteiger partial charge in [-0.3, -0.25) is 4.79 Å². The molecule has 1 aromatic rings. The second-order valence-corrected chi connectivity index (χ2v) is 5.69. The average Bonchev–Trinajstić information content (AvgIpc) is 2.81. The lowest BCUT2D eigenvalue weighted by Crippen LogP contribution is -2.31. The first-order valence-electron chi connectivity index (χ1n) is 6.73. The number of rotatable bonds is 5. The maximum Gasteiger partial charge on any atom is 0.337 e. The standard InChI is InChI=1S/C15H17BrN2O4/c1-9-11(16)4-3-5-12(9)17-13-10(15(21)22-2)8-18(6-7-19)14(13)20/h3-5,17,19H,6-8H2,1-2H3. The summed E-state index contributed by atoms with van der Waals surface area (Å²) in [6, 6.07) is 5.55. The van der Waals surface area contributed by atoms with Gasteiger partial charge in [-0.15, -0.1) is 0 Å². The number of benzene rings is 1. The molecule has 1 aromatic carbocycles. The Hall–Kier alpha value is -1.86. The van der Waals surface area contributed by atoms with Crippen LogP contribution in [0.5, 0.6) is 0 Å². The first-order chi connectivity index (χ1) is 10.5. The predicted molar refractivity (Wildman–Crippen MR) is 85.2 cm³/mol. The van der Waals surface area contributed by atoms with E-state index in [2.05, 4.69) is 21.2 Å². The summed E-state index contributed by atoms with van der Waals surface area (Å²) in [5.41, 5.74) is 2.11. The first-order valence-corrected chi connectivity index (χ1v) is 7.52. The van der Waals surface area contributed by atoms with E-state index in [4.69, 9.17) is 9.84 Å². The van der Waals surface area contributed by atoms with E-state index in [1.165, 1.54) is 12.0 Å². The maximum atomic E-state index is 12.4. The fourth-order valence-corrected chi connectivity index (χ4v) is 2.59. The van der Waals surface area contributed by atoms with Gasteiger partial charge < -0.3 is 20.1 Å². The summed E-state index contributed by atoms with van der Waals surface area (Å²) < 4.78 is 5.64. The molecular weight excluding hydrogens is 352 g/mol. The first kappa shape index (κ1) is 16.5. The molecule has 1 amide bonds. The molecule has 1 aliphatic heterocycles. The van der Waals surface area contributed by atoms with Crippen LogP contribution in [0.2, 0.25) is 0 Å². The van der Waals surface area contributed by atoms with Gasteiger partial charge in [-0.2, -0.15) is 0 Å². The summed E-state index contributed by atoms with van der Waals surface area (Å²) in [7, 11) is 1.27. The number of anilines is 1. The normalized spacial score (nSPS) is 14.5. The molecule has 0 atom stereocenters. The number of carbonyl (C=O) groups excluding carboxylic acids is 2. The number of nitrogens with one attached hydrogen (secondary N) is 1. The average molecular weight is 369 g/mol. The number of carbonyl (C=O) groups is 2. The maximum absolute atomic E-state index is 12.4. The fourth-order valence-electron chi connectivity index (χ4n) is 2.23. The van der Waals surface area contributed by atoms with Crippen molar-refractivity contribution in [1.29, 1.82) is 0 Å². The van der Waals surface area contributed by atoms with E-state index in [1.54, 1.807) is 0 Å². The number of esters is 1. The lowest BCUT2D eigenvalue weighted by Gasteiger charge is -2.15. The smallest absolute Gasteiger partial charge is 0.337 e. The Morgan fingerprint density at radius 3 is 2.86 bits per heavy atom. The molecule has 0 bridgehead atoms. The van der Waals surface area contributed by atoms with Crippen LogP contribution in [0, 0.1) is 6.92 Å². The second kappa shape index (κ2) is 6.93. The molecule has 0 radical (unpaired) electrons. The third-order valence-electron chi connectivity index (χ3n) is 3.48. The number of aliphatic hydroxyl groups is 1. The van der Waals surface area contributed by atoms with Crippen molar-refractivity contribution in [3.8, 4) is 0 Å². The lowest BCUT2D eigenvalue weighted by molar-refractivity contribution is -0.136. The highest BCUT2D eigenvalue weighted by Gasteiger charge is 2.34. The minimum Gasteiger partial charge on any atom is -0.466 e. The van der Waals surface area contributed by atoms with Gasteiger partial charge in [0.25, 0.3) is 5.91 Å². The molecule has 0 unspecified atom stereocenters. The van der Waals surface area contributed by atoms with Gasteiger partial charge in [0, 0.05) is 16.7 Å². The Balaban J connectivity index is 2.37. The second-order valence-electron chi connectivity index (χ2n) is 4.83. The van der Waals surface area contributed by atoms with Gasteiger partial charge in [0.1, 0.15) is 5.70 Å². The van der Waals surface area contributed by atoms with Crippen LogP contribution < -0.4 is 5.32 Å². The molecule has 6 nitrogen and oxygen atoms in total. The highest BCUT2D eigenvalue weighted by Crippen LogP contribution is 2.28. The summed E-state index contributed by atoms with van der Waals surface area (Å²) in [4.78, 5) is 25.7. The van der Waals surface area contributed by atoms with Crippen molar-refractivity contribution >= 4 is 33.5 Å². The number of halogens is 1. The van der Waals surface area contributed by atoms with Gasteiger partial charge in [-0.1, -0.05) is 22.0 Å². The van der Waals surface area contributed by atoms with Gasteiger partial charge in [-0.25, -0.2) is 4.79 Å². The van der Waals surface area contributed by atoms with E-state index in [-0.39, 0.29) is 36.9 Å². The lowest BCUT2D eigenvalue weighted by atomic mass is 10.1. The molecule has 7 heteroatoms. The van der Waals surface area contributed by atoms with Crippen LogP contribution in [0.1, 0.15) is 5.56 Å². The third kappa shape index (κ3) is 3.15. The molecule has 0 aliphatic carbocycles. The van der Waals surface area contributed by atoms with Crippen LogP contribution in [0.25, 0.3) is 0 Å². The van der Waals surface area contributed by atoms with E-state index >= 15 is 0 Å². The Morgan fingerprint density at radius 1 is 1.50 bits per heavy atom. The van der Waals surface area contributed by atoms with Gasteiger partial charge in [-0.05, 0) is 24.6 Å². The molecule has 1 aliphatic rings. The van der Waals surface area contributed by atoms with Gasteiger partial charge >= 0.3 is 5.97 Å². The molecule has 0 saturated heterocycles. The minimum atomic E-state index is -0.552. The Bertz CT molecular complexity index is 642. The van der Waals surface area contributed by atoms with Crippen LogP contribution in [0.4, 0.5) is 5.69 Å². The molecule has 118 valence electrons. The number of ether oxygens (including phenoxy) is 1. The number of hydrogen-bond donors (Lipinski definition) is 2. The number of nitrogens with zero attached hydrogens (tertiary/aromatic N) is 1. The Kier molecular flexibility index (Phi) is 5.20. The van der Waals surface area contributed by atoms with Gasteiger partial charge in [0.05, 0.1) is 25.8 Å². The monoisotopic (exact) mass is 368 g/mol. The fraction of sp³-hybridized carbons (Fsp3) is 0.333. The zero-order valence-electron chi connectivity index (χ0n) is 12.4. The van der Waals surface area contributed by atoms with E-state index in [0.29, 0.717) is 0 Å². The van der Waals surface area contributed by atoms with Crippen molar-refractivity contribution in [3.05, 3.63) is 39.5 Å². The van der Waals surface area contributed by atoms with Gasteiger partial charge in [0.2, 0.25) is 0 Å². The number of methoxy groups -OCH3 is 1. The number of aliphatic hydroxyl groups excluding tert-OH is 1. The van der Waals surface area contributed by atoms with Crippen LogP contribution >= 0.6 is 15.9 Å². The largest absolute Gasteiger partial charge is 0.466 e. The molecule has 2 N–H and O–H groups in total. The van der Waals surface area contributed by atoms with Crippen molar-refractivity contribution in [2.45, 2.75) is 6.92 Å². The van der Waals surface area contributed by atoms with Crippen LogP contribution in [-0.2, 0) is 14.3 Å². The number of hydrogen-bond acceptors (Lipinski definition) is 5. The zero-order chi connectivity index (χ0) is 16.3. The predicted octanol–water partition coefficient (Wildman–Crippen LogP) is 1.43. The molecule has 2 rings (SSSR count). The van der Waals surface area contributed by atoms with E-state index in [1.807, 2.05) is 25.1 Å². The van der Waals surface area contributed by atoms with Crippen molar-refractivity contribution in [1.82, 2.24) is 4.90 Å². The van der Waals surface area contributed by atoms with E-state index in [0.717, 1.165) is 15.7 Å². The molecular formula is C15H17BrN2O4. The summed E-state index contributed by atoms with van der Waals surface area (Å²) in [5, 5.41) is 12.1. The quantitative estimate of drug-likeness (QED) is 0.768. The minimum absolute atomic E-state index is 0.126. The highest BCUT2D eigenvalue weighted by atomic mass is 79.9. The number of β-amino-alcohol motifs (C(OH)–C–C–N with tert-alkyl or cyclic N) is 1. The molecule has 0 fully saturated rings. The zero-order valence-corrected chi connectivity index (χ0v) is 13.9. The molecule has 22 heavy (non-hydrogen) atoms. The van der Waals surface area contributed by atoms with Crippen molar-refractivity contribution in [2.24, 2.45) is 0 Å². The van der Waals surface area contributed by atoms with E-state index < -0.39 is 5.97 Å². The van der Waals surface area contributed by atoms with Crippen molar-refractivity contribution < 1.29 is 19.4 Å². The van der Waals surface area contributed by atoms with Crippen LogP contribution in [0.3, 0.4) is 0 Å². The van der Waals surface area contributed by atoms with E-state index in [9.17, 15) is 9.59 Å². The van der Waals surface area contributed by atoms with Crippen molar-refractivity contribution in [2.75, 3.05) is 32.1 Å². The van der Waals surface area contributed by atoms with Crippen LogP contribution in [-0.4, -0.2) is 48.7 Å². The van der Waals surface area contributed by atoms with Crippen LogP contribution in [0.15, 0.2) is 33.9 Å². The summed E-state index contributed by atoms with van der Waals surface area (Å²) >= 11 is 3.43. The number of amides is 1. The Labute approximate surface area is 136 Å². The molecule has 0 saturated carbocycles. The molecule has 0 aromatic heterocycles. The SMILES string of the molecule is COC(=O)C1=C(Nc2cccc(Br)c2C)C(=O)N(CCO)C1.